The second kappa shape index (κ2) is 5.57. The van der Waals surface area contributed by atoms with Crippen LogP contribution in [0.25, 0.3) is 34.1 Å². The second-order valence-corrected chi connectivity index (χ2v) is 5.22. The van der Waals surface area contributed by atoms with Gasteiger partial charge in [0.15, 0.2) is 0 Å². The molecule has 0 fully saturated rings. The van der Waals surface area contributed by atoms with Gasteiger partial charge in [-0.3, -0.25) is 0 Å². The van der Waals surface area contributed by atoms with E-state index in [9.17, 15) is 10.2 Å². The number of hydrogen-bond acceptors (Lipinski definition) is 2. The first-order valence-corrected chi connectivity index (χ1v) is 7.33. The lowest BCUT2D eigenvalue weighted by Crippen LogP contribution is -2.26. The third kappa shape index (κ3) is 2.13. The molecule has 3 rings (SSSR count). The van der Waals surface area contributed by atoms with E-state index in [1.807, 2.05) is 62.4 Å². The Morgan fingerprint density at radius 2 is 1.41 bits per heavy atom. The molecule has 0 radical (unpaired) electrons. The van der Waals surface area contributed by atoms with Crippen molar-refractivity contribution in [3.8, 4) is 22.6 Å². The Balaban J connectivity index is 2.56. The summed E-state index contributed by atoms with van der Waals surface area (Å²) in [5.74, 6) is 0.343. The molecular weight excluding hydrogens is 272 g/mol. The molecule has 0 saturated heterocycles. The van der Waals surface area contributed by atoms with Crippen LogP contribution in [0, 0.1) is 0 Å². The number of rotatable bonds is 1. The number of phenols is 2. The lowest BCUT2D eigenvalue weighted by Gasteiger charge is -2.12. The van der Waals surface area contributed by atoms with Crippen LogP contribution < -0.4 is 10.4 Å². The largest absolute Gasteiger partial charge is 0.507 e. The molecule has 0 saturated carbocycles. The van der Waals surface area contributed by atoms with E-state index in [0.29, 0.717) is 11.1 Å². The number of aromatic hydroxyl groups is 2. The van der Waals surface area contributed by atoms with Crippen molar-refractivity contribution in [3.05, 3.63) is 59.0 Å². The minimum atomic E-state index is 0.172. The molecule has 0 spiro atoms. The van der Waals surface area contributed by atoms with Crippen molar-refractivity contribution in [2.24, 2.45) is 0 Å². The highest BCUT2D eigenvalue weighted by atomic mass is 16.3. The average molecular weight is 290 g/mol. The third-order valence-electron chi connectivity index (χ3n) is 4.01. The number of phenolic OH excluding ortho intramolecular Hbond substituents is 2. The van der Waals surface area contributed by atoms with Gasteiger partial charge in [0.25, 0.3) is 0 Å². The van der Waals surface area contributed by atoms with Gasteiger partial charge in [0.1, 0.15) is 11.5 Å². The van der Waals surface area contributed by atoms with E-state index >= 15 is 0 Å². The summed E-state index contributed by atoms with van der Waals surface area (Å²) in [4.78, 5) is 0. The first-order chi connectivity index (χ1) is 10.7. The molecule has 3 aromatic carbocycles. The summed E-state index contributed by atoms with van der Waals surface area (Å²) < 4.78 is 0. The van der Waals surface area contributed by atoms with Crippen molar-refractivity contribution in [1.29, 1.82) is 0 Å². The summed E-state index contributed by atoms with van der Waals surface area (Å²) in [6.07, 6.45) is 3.96. The van der Waals surface area contributed by atoms with Gasteiger partial charge >= 0.3 is 0 Å². The normalized spacial score (nSPS) is 13.0. The van der Waals surface area contributed by atoms with Gasteiger partial charge in [-0.25, -0.2) is 0 Å². The van der Waals surface area contributed by atoms with E-state index < -0.39 is 0 Å². The maximum Gasteiger partial charge on any atom is 0.124 e. The van der Waals surface area contributed by atoms with Crippen molar-refractivity contribution in [3.63, 3.8) is 0 Å². The van der Waals surface area contributed by atoms with Crippen LogP contribution in [0.2, 0.25) is 0 Å². The van der Waals surface area contributed by atoms with Crippen LogP contribution in [0.3, 0.4) is 0 Å². The molecule has 0 unspecified atom stereocenters. The van der Waals surface area contributed by atoms with Crippen LogP contribution in [0.5, 0.6) is 11.5 Å². The highest BCUT2D eigenvalue weighted by Crippen LogP contribution is 2.38. The van der Waals surface area contributed by atoms with Crippen molar-refractivity contribution in [2.75, 3.05) is 0 Å². The van der Waals surface area contributed by atoms with Gasteiger partial charge in [0.2, 0.25) is 0 Å². The Morgan fingerprint density at radius 1 is 0.727 bits per heavy atom. The van der Waals surface area contributed by atoms with Gasteiger partial charge in [0.05, 0.1) is 0 Å². The molecule has 2 nitrogen and oxygen atoms in total. The summed E-state index contributed by atoms with van der Waals surface area (Å²) >= 11 is 0. The number of hydrogen-bond donors (Lipinski definition) is 2. The van der Waals surface area contributed by atoms with Crippen molar-refractivity contribution >= 4 is 22.9 Å². The van der Waals surface area contributed by atoms with Gasteiger partial charge in [0, 0.05) is 11.1 Å². The first kappa shape index (κ1) is 14.2. The molecule has 0 heterocycles. The molecule has 0 aliphatic heterocycles. The van der Waals surface area contributed by atoms with E-state index in [2.05, 4.69) is 0 Å². The third-order valence-corrected chi connectivity index (χ3v) is 4.01. The van der Waals surface area contributed by atoms with Gasteiger partial charge in [-0.2, -0.15) is 0 Å². The summed E-state index contributed by atoms with van der Waals surface area (Å²) in [5.41, 5.74) is 1.35. The van der Waals surface area contributed by atoms with E-state index in [0.717, 1.165) is 21.2 Å². The van der Waals surface area contributed by atoms with Gasteiger partial charge in [-0.15, -0.1) is 0 Å². The molecule has 2 N–H and O–H groups in total. The molecule has 0 atom stereocenters. The fourth-order valence-corrected chi connectivity index (χ4v) is 2.97. The van der Waals surface area contributed by atoms with E-state index in [1.165, 1.54) is 0 Å². The standard InChI is InChI=1S/C20H18O2/c1-3-13-9-11-17(21)19(15(13)4-2)20-16-8-6-5-7-14(16)10-12-18(20)22/h3-12,21-22H,1-2H3. The van der Waals surface area contributed by atoms with Gasteiger partial charge in [-0.05, 0) is 47.2 Å². The Kier molecular flexibility index (Phi) is 3.60. The fraction of sp³-hybridized carbons (Fsp3) is 0.100. The zero-order chi connectivity index (χ0) is 15.7. The Morgan fingerprint density at radius 3 is 2.14 bits per heavy atom. The average Bonchev–Trinajstić information content (AvgIpc) is 2.55. The zero-order valence-electron chi connectivity index (χ0n) is 12.7. The van der Waals surface area contributed by atoms with Crippen LogP contribution in [0.15, 0.2) is 48.5 Å². The highest BCUT2D eigenvalue weighted by molar-refractivity contribution is 6.01. The van der Waals surface area contributed by atoms with Crippen LogP contribution in [-0.2, 0) is 0 Å². The van der Waals surface area contributed by atoms with Crippen LogP contribution in [-0.4, -0.2) is 10.2 Å². The Hall–Kier alpha value is -2.74. The molecule has 3 aromatic rings. The molecule has 0 bridgehead atoms. The molecule has 0 aliphatic carbocycles. The summed E-state index contributed by atoms with van der Waals surface area (Å²) in [6.45, 7) is 3.90. The molecule has 2 heteroatoms. The van der Waals surface area contributed by atoms with Gasteiger partial charge in [-0.1, -0.05) is 48.6 Å². The van der Waals surface area contributed by atoms with Crippen LogP contribution in [0.4, 0.5) is 0 Å². The monoisotopic (exact) mass is 290 g/mol. The van der Waals surface area contributed by atoms with Crippen LogP contribution in [0.1, 0.15) is 13.8 Å². The van der Waals surface area contributed by atoms with E-state index in [1.54, 1.807) is 12.1 Å². The van der Waals surface area contributed by atoms with Gasteiger partial charge < -0.3 is 10.2 Å². The van der Waals surface area contributed by atoms with E-state index in [-0.39, 0.29) is 11.5 Å². The molecule has 0 aromatic heterocycles. The molecular formula is C20H18O2. The fourth-order valence-electron chi connectivity index (χ4n) is 2.97. The predicted molar refractivity (Wildman–Crippen MR) is 92.2 cm³/mol. The number of fused-ring (bicyclic) bond motifs is 1. The molecule has 0 aliphatic rings. The SMILES string of the molecule is CC=c1ccc(O)c(-c2c(O)ccc3ccccc23)c1=CC. The second-order valence-electron chi connectivity index (χ2n) is 5.22. The topological polar surface area (TPSA) is 40.5 Å². The lowest BCUT2D eigenvalue weighted by molar-refractivity contribution is 0.469. The highest BCUT2D eigenvalue weighted by Gasteiger charge is 2.14. The minimum absolute atomic E-state index is 0.172. The quantitative estimate of drug-likeness (QED) is 0.720. The number of benzene rings is 3. The Labute approximate surface area is 129 Å². The summed E-state index contributed by atoms with van der Waals surface area (Å²) in [6, 6.07) is 15.0. The first-order valence-electron chi connectivity index (χ1n) is 7.33. The van der Waals surface area contributed by atoms with Crippen molar-refractivity contribution in [1.82, 2.24) is 0 Å². The molecule has 22 heavy (non-hydrogen) atoms. The molecule has 0 amide bonds. The molecule has 110 valence electrons. The lowest BCUT2D eigenvalue weighted by atomic mass is 9.94. The van der Waals surface area contributed by atoms with Crippen molar-refractivity contribution in [2.45, 2.75) is 13.8 Å². The Bertz CT molecular complexity index is 969. The van der Waals surface area contributed by atoms with Crippen LogP contribution >= 0.6 is 0 Å². The summed E-state index contributed by atoms with van der Waals surface area (Å²) in [5, 5.41) is 24.8. The van der Waals surface area contributed by atoms with E-state index in [4.69, 9.17) is 0 Å². The zero-order valence-corrected chi connectivity index (χ0v) is 12.7. The smallest absolute Gasteiger partial charge is 0.124 e. The van der Waals surface area contributed by atoms with Crippen molar-refractivity contribution < 1.29 is 10.2 Å². The maximum absolute atomic E-state index is 10.4. The predicted octanol–water partition coefficient (Wildman–Crippen LogP) is 3.52. The summed E-state index contributed by atoms with van der Waals surface area (Å²) in [7, 11) is 0. The maximum atomic E-state index is 10.4. The minimum Gasteiger partial charge on any atom is -0.507 e.